The van der Waals surface area contributed by atoms with Crippen molar-refractivity contribution >= 4 is 57.2 Å². The summed E-state index contributed by atoms with van der Waals surface area (Å²) in [5, 5.41) is 2.57. The first-order valence-corrected chi connectivity index (χ1v) is 14.0. The minimum absolute atomic E-state index is 0. The number of thiazole rings is 1. The van der Waals surface area contributed by atoms with Gasteiger partial charge in [-0.2, -0.15) is 4.57 Å². The predicted molar refractivity (Wildman–Crippen MR) is 157 cm³/mol. The Hall–Kier alpha value is -2.55. The maximum atomic E-state index is 5.26. The number of hydrogen-bond acceptors (Lipinski definition) is 4. The Morgan fingerprint density at radius 2 is 1.70 bits per heavy atom. The molecule has 0 atom stereocenters. The van der Waals surface area contributed by atoms with Crippen LogP contribution in [-0.2, 0) is 6.54 Å². The van der Waals surface area contributed by atoms with E-state index in [-0.39, 0.29) is 24.0 Å². The topological polar surface area (TPSA) is 16.4 Å². The Balaban J connectivity index is 0.00000320. The van der Waals surface area contributed by atoms with E-state index in [0.717, 1.165) is 24.4 Å². The van der Waals surface area contributed by atoms with Crippen molar-refractivity contribution in [2.24, 2.45) is 0 Å². The molecule has 2 heterocycles. The van der Waals surface area contributed by atoms with E-state index in [1.54, 1.807) is 7.11 Å². The van der Waals surface area contributed by atoms with Crippen molar-refractivity contribution in [2.45, 2.75) is 32.2 Å². The maximum absolute atomic E-state index is 5.26. The number of rotatable bonds is 7. The van der Waals surface area contributed by atoms with Gasteiger partial charge >= 0.3 is 0 Å². The molecule has 1 aromatic heterocycles. The number of aryl methyl sites for hydroxylation is 1. The summed E-state index contributed by atoms with van der Waals surface area (Å²) >= 11 is 3.71. The third-order valence-corrected chi connectivity index (χ3v) is 8.53. The molecular weight excluding hydrogens is 607 g/mol. The molecule has 6 heteroatoms. The van der Waals surface area contributed by atoms with Crippen LogP contribution in [0, 0.1) is 0 Å². The van der Waals surface area contributed by atoms with E-state index in [1.807, 2.05) is 35.2 Å². The molecule has 0 fully saturated rings. The fourth-order valence-electron chi connectivity index (χ4n) is 4.48. The number of ether oxygens (including phenoxy) is 1. The van der Waals surface area contributed by atoms with Gasteiger partial charge in [-0.05, 0) is 73.9 Å². The van der Waals surface area contributed by atoms with Crippen LogP contribution in [0.3, 0.4) is 0 Å². The van der Waals surface area contributed by atoms with Gasteiger partial charge in [0.15, 0.2) is 0 Å². The molecule has 0 radical (unpaired) electrons. The lowest BCUT2D eigenvalue weighted by Gasteiger charge is -2.18. The highest BCUT2D eigenvalue weighted by Gasteiger charge is 2.24. The van der Waals surface area contributed by atoms with Crippen LogP contribution in [0.4, 0.5) is 5.69 Å². The molecule has 0 unspecified atom stereocenters. The van der Waals surface area contributed by atoms with Gasteiger partial charge in [-0.25, -0.2) is 0 Å². The van der Waals surface area contributed by atoms with E-state index in [9.17, 15) is 0 Å². The summed E-state index contributed by atoms with van der Waals surface area (Å²) in [5.74, 6) is 0.876. The lowest BCUT2D eigenvalue weighted by Crippen LogP contribution is -3.00. The average Bonchev–Trinajstić information content (AvgIpc) is 3.43. The summed E-state index contributed by atoms with van der Waals surface area (Å²) in [6, 6.07) is 23.5. The summed E-state index contributed by atoms with van der Waals surface area (Å²) < 4.78 is 8.99. The molecule has 3 nitrogen and oxygen atoms in total. The highest BCUT2D eigenvalue weighted by molar-refractivity contribution is 8.03. The van der Waals surface area contributed by atoms with Crippen LogP contribution in [-0.4, -0.2) is 13.7 Å². The van der Waals surface area contributed by atoms with Gasteiger partial charge in [-0.1, -0.05) is 65.6 Å². The number of thioether (sulfide) groups is 1. The molecule has 0 saturated carbocycles. The number of hydrogen-bond donors (Lipinski definition) is 0. The molecular formula is C31H31IN2OS2. The molecule has 1 aliphatic rings. The van der Waals surface area contributed by atoms with Gasteiger partial charge in [0.2, 0.25) is 5.52 Å². The Kier molecular flexibility index (Phi) is 9.16. The Morgan fingerprint density at radius 1 is 0.973 bits per heavy atom. The summed E-state index contributed by atoms with van der Waals surface area (Å²) in [5.41, 5.74) is 6.21. The van der Waals surface area contributed by atoms with E-state index in [0.29, 0.717) is 0 Å². The molecule has 190 valence electrons. The second kappa shape index (κ2) is 12.3. The molecule has 0 spiro atoms. The van der Waals surface area contributed by atoms with Crippen LogP contribution in [0.1, 0.15) is 36.9 Å². The third kappa shape index (κ3) is 5.97. The van der Waals surface area contributed by atoms with Crippen LogP contribution in [0.25, 0.3) is 28.4 Å². The maximum Gasteiger partial charge on any atom is 0.262 e. The molecule has 0 amide bonds. The van der Waals surface area contributed by atoms with Crippen LogP contribution in [0.5, 0.6) is 5.75 Å². The number of aromatic nitrogens is 1. The molecule has 37 heavy (non-hydrogen) atoms. The van der Waals surface area contributed by atoms with Gasteiger partial charge in [-0.15, -0.1) is 0 Å². The Morgan fingerprint density at radius 3 is 2.43 bits per heavy atom. The second-order valence-corrected chi connectivity index (χ2v) is 10.8. The Bertz CT molecular complexity index is 1490. The minimum Gasteiger partial charge on any atom is -1.00 e. The lowest BCUT2D eigenvalue weighted by atomic mass is 10.1. The van der Waals surface area contributed by atoms with E-state index < -0.39 is 0 Å². The molecule has 3 aromatic carbocycles. The zero-order valence-electron chi connectivity index (χ0n) is 21.6. The number of allylic oxidation sites excluding steroid dienone is 2. The van der Waals surface area contributed by atoms with Crippen molar-refractivity contribution in [3.63, 3.8) is 0 Å². The van der Waals surface area contributed by atoms with Crippen LogP contribution >= 0.6 is 23.1 Å². The summed E-state index contributed by atoms with van der Waals surface area (Å²) in [6.07, 6.45) is 8.97. The smallest absolute Gasteiger partial charge is 0.262 e. The number of fused-ring (bicyclic) bond motifs is 2. The first-order chi connectivity index (χ1) is 17.6. The summed E-state index contributed by atoms with van der Waals surface area (Å²) in [6.45, 7) is 8.54. The minimum atomic E-state index is 0. The van der Waals surface area contributed by atoms with Crippen LogP contribution in [0.15, 0.2) is 88.3 Å². The number of anilines is 1. The standard InChI is InChI=1S/C31H31N2OS2.HI/c1-5-32-26-9-7-8-10-28(26)35-30(32)19-22(3)20-31-33(6-2)27-21-24(15-18-29(27)36-31)12-11-23-13-16-25(34-4)17-14-23;/h7-21H,5-6H2,1-4H3;1H/q+1;/p-1/b12-11+;. The van der Waals surface area contributed by atoms with Gasteiger partial charge in [0, 0.05) is 23.6 Å². The van der Waals surface area contributed by atoms with Crippen molar-refractivity contribution in [1.82, 2.24) is 0 Å². The average molecular weight is 639 g/mol. The molecule has 4 aromatic rings. The van der Waals surface area contributed by atoms with Gasteiger partial charge in [0.05, 0.1) is 17.8 Å². The number of nitrogens with zero attached hydrogens (tertiary/aromatic N) is 2. The monoisotopic (exact) mass is 638 g/mol. The number of benzene rings is 3. The molecule has 0 aliphatic carbocycles. The van der Waals surface area contributed by atoms with Crippen LogP contribution in [0.2, 0.25) is 0 Å². The Labute approximate surface area is 245 Å². The normalized spacial score (nSPS) is 14.4. The molecule has 0 saturated heterocycles. The van der Waals surface area contributed by atoms with Gasteiger partial charge in [-0.3, -0.25) is 0 Å². The van der Waals surface area contributed by atoms with E-state index in [2.05, 4.69) is 109 Å². The quantitative estimate of drug-likeness (QED) is 0.156. The lowest BCUT2D eigenvalue weighted by molar-refractivity contribution is -0.665. The summed E-state index contributed by atoms with van der Waals surface area (Å²) in [7, 11) is 1.69. The zero-order chi connectivity index (χ0) is 25.1. The van der Waals surface area contributed by atoms with Crippen molar-refractivity contribution in [3.05, 3.63) is 99.5 Å². The first-order valence-electron chi connectivity index (χ1n) is 12.3. The van der Waals surface area contributed by atoms with E-state index in [4.69, 9.17) is 4.74 Å². The SMILES string of the molecule is CCN1/C(=C\C(C)=C\c2sc3ccccc3[n+]2CC)Sc2ccc(/C=C/c3ccc(OC)cc3)cc21.[I-]. The number of methoxy groups -OCH3 is 1. The molecule has 1 aliphatic heterocycles. The van der Waals surface area contributed by atoms with Crippen molar-refractivity contribution < 1.29 is 33.3 Å². The summed E-state index contributed by atoms with van der Waals surface area (Å²) in [4.78, 5) is 3.73. The predicted octanol–water partition coefficient (Wildman–Crippen LogP) is 5.27. The molecule has 0 N–H and O–H groups in total. The zero-order valence-corrected chi connectivity index (χ0v) is 25.4. The number of halogens is 1. The van der Waals surface area contributed by atoms with E-state index >= 15 is 0 Å². The van der Waals surface area contributed by atoms with Crippen molar-refractivity contribution in [3.8, 4) is 5.75 Å². The van der Waals surface area contributed by atoms with Gasteiger partial charge in [0.1, 0.15) is 17.0 Å². The second-order valence-electron chi connectivity index (χ2n) is 8.70. The number of para-hydroxylation sites is 1. The fraction of sp³-hybridized carbons (Fsp3) is 0.194. The van der Waals surface area contributed by atoms with Gasteiger partial charge < -0.3 is 33.6 Å². The van der Waals surface area contributed by atoms with Crippen molar-refractivity contribution in [1.29, 1.82) is 0 Å². The first kappa shape index (κ1) is 27.5. The van der Waals surface area contributed by atoms with Gasteiger partial charge in [0.25, 0.3) is 5.01 Å². The van der Waals surface area contributed by atoms with Crippen molar-refractivity contribution in [2.75, 3.05) is 18.6 Å². The molecule has 0 bridgehead atoms. The highest BCUT2D eigenvalue weighted by atomic mass is 127. The molecule has 5 rings (SSSR count). The fourth-order valence-corrected chi connectivity index (χ4v) is 6.94. The van der Waals surface area contributed by atoms with E-state index in [1.165, 1.54) is 42.0 Å². The largest absolute Gasteiger partial charge is 1.00 e. The van der Waals surface area contributed by atoms with Crippen LogP contribution < -0.4 is 38.2 Å². The highest BCUT2D eigenvalue weighted by Crippen LogP contribution is 2.46. The third-order valence-electron chi connectivity index (χ3n) is 6.31.